The van der Waals surface area contributed by atoms with Gasteiger partial charge in [0, 0.05) is 19.3 Å². The number of carbonyl (C=O) groups excluding carboxylic acids is 3. The summed E-state index contributed by atoms with van der Waals surface area (Å²) in [5, 5.41) is 0. The topological polar surface area (TPSA) is 78.9 Å². The SMILES string of the molecule is CCCCC/C=C\C/C=C\CCCCCCCC(=O)OC(COC(=O)CCCCCCC/C=C\CCCCC)COC(=O)CCCCCCCCCCCCCCCCCCCCCCCCCCCCCC. The van der Waals surface area contributed by atoms with Gasteiger partial charge in [0.2, 0.25) is 0 Å². The van der Waals surface area contributed by atoms with E-state index in [-0.39, 0.29) is 31.1 Å². The van der Waals surface area contributed by atoms with Crippen LogP contribution in [0.5, 0.6) is 0 Å². The molecule has 0 saturated carbocycles. The monoisotopic (exact) mass is 1020 g/mol. The highest BCUT2D eigenvalue weighted by Gasteiger charge is 2.19. The fraction of sp³-hybridized carbons (Fsp3) is 0.866. The molecule has 73 heavy (non-hydrogen) atoms. The normalized spacial score (nSPS) is 12.2. The maximum absolute atomic E-state index is 12.9. The van der Waals surface area contributed by atoms with Crippen LogP contribution < -0.4 is 0 Å². The van der Waals surface area contributed by atoms with E-state index in [4.69, 9.17) is 14.2 Å². The molecule has 0 aromatic carbocycles. The highest BCUT2D eigenvalue weighted by molar-refractivity contribution is 5.71. The van der Waals surface area contributed by atoms with Crippen LogP contribution >= 0.6 is 0 Å². The van der Waals surface area contributed by atoms with Crippen molar-refractivity contribution < 1.29 is 28.6 Å². The van der Waals surface area contributed by atoms with Gasteiger partial charge in [-0.1, -0.05) is 295 Å². The molecule has 0 N–H and O–H groups in total. The number of rotatable bonds is 60. The first-order valence-corrected chi connectivity index (χ1v) is 32.5. The summed E-state index contributed by atoms with van der Waals surface area (Å²) < 4.78 is 16.9. The predicted molar refractivity (Wildman–Crippen MR) is 316 cm³/mol. The minimum Gasteiger partial charge on any atom is -0.462 e. The highest BCUT2D eigenvalue weighted by Crippen LogP contribution is 2.18. The molecule has 0 aromatic heterocycles. The molecule has 1 atom stereocenters. The standard InChI is InChI=1S/C67H124O6/c1-4-7-10-13-16-19-22-25-27-28-29-30-31-32-33-34-35-36-37-38-39-41-42-45-48-51-54-57-60-66(69)72-63-64(62-71-65(68)59-56-53-50-47-44-24-21-18-15-12-9-6-3)73-67(70)61-58-55-52-49-46-43-40-26-23-20-17-14-11-8-5-2/h17-18,20-21,26,40,64H,4-16,19,22-25,27-39,41-63H2,1-3H3/b20-17-,21-18-,40-26-. The minimum atomic E-state index is -0.780. The first-order valence-electron chi connectivity index (χ1n) is 32.5. The molecule has 0 aliphatic carbocycles. The second-order valence-corrected chi connectivity index (χ2v) is 22.0. The third kappa shape index (κ3) is 60.4. The summed E-state index contributed by atoms with van der Waals surface area (Å²) in [5.74, 6) is -0.880. The molecule has 0 aliphatic heterocycles. The summed E-state index contributed by atoms with van der Waals surface area (Å²) in [6, 6.07) is 0. The van der Waals surface area contributed by atoms with Crippen LogP contribution in [0.3, 0.4) is 0 Å². The lowest BCUT2D eigenvalue weighted by atomic mass is 10.0. The van der Waals surface area contributed by atoms with Crippen LogP contribution in [0, 0.1) is 0 Å². The average molecular weight is 1030 g/mol. The lowest BCUT2D eigenvalue weighted by molar-refractivity contribution is -0.167. The molecule has 0 rings (SSSR count). The van der Waals surface area contributed by atoms with E-state index in [0.29, 0.717) is 19.3 Å². The second-order valence-electron chi connectivity index (χ2n) is 22.0. The Morgan fingerprint density at radius 3 is 0.795 bits per heavy atom. The van der Waals surface area contributed by atoms with Crippen molar-refractivity contribution in [1.82, 2.24) is 0 Å². The van der Waals surface area contributed by atoms with Crippen LogP contribution in [0.1, 0.15) is 355 Å². The van der Waals surface area contributed by atoms with Crippen LogP contribution in [0.2, 0.25) is 0 Å². The van der Waals surface area contributed by atoms with E-state index in [1.807, 2.05) is 0 Å². The summed E-state index contributed by atoms with van der Waals surface area (Å²) in [6.45, 7) is 6.62. The van der Waals surface area contributed by atoms with Gasteiger partial charge in [0.25, 0.3) is 0 Å². The van der Waals surface area contributed by atoms with Gasteiger partial charge in [0.1, 0.15) is 13.2 Å². The van der Waals surface area contributed by atoms with Crippen molar-refractivity contribution in [3.05, 3.63) is 36.5 Å². The van der Waals surface area contributed by atoms with Crippen LogP contribution in [-0.2, 0) is 28.6 Å². The maximum atomic E-state index is 12.9. The first kappa shape index (κ1) is 70.6. The van der Waals surface area contributed by atoms with Crippen molar-refractivity contribution in [1.29, 1.82) is 0 Å². The lowest BCUT2D eigenvalue weighted by Gasteiger charge is -2.18. The summed E-state index contributed by atoms with van der Waals surface area (Å²) >= 11 is 0. The predicted octanol–water partition coefficient (Wildman–Crippen LogP) is 22.0. The van der Waals surface area contributed by atoms with Crippen molar-refractivity contribution in [3.8, 4) is 0 Å². The van der Waals surface area contributed by atoms with Gasteiger partial charge < -0.3 is 14.2 Å². The molecule has 0 aliphatic rings. The van der Waals surface area contributed by atoms with Crippen molar-refractivity contribution in [2.75, 3.05) is 13.2 Å². The van der Waals surface area contributed by atoms with Crippen LogP contribution in [0.15, 0.2) is 36.5 Å². The average Bonchev–Trinajstić information content (AvgIpc) is 3.39. The maximum Gasteiger partial charge on any atom is 0.306 e. The summed E-state index contributed by atoms with van der Waals surface area (Å²) in [7, 11) is 0. The third-order valence-corrected chi connectivity index (χ3v) is 14.6. The Morgan fingerprint density at radius 2 is 0.493 bits per heavy atom. The Labute approximate surface area is 455 Å². The van der Waals surface area contributed by atoms with Gasteiger partial charge in [0.15, 0.2) is 6.10 Å². The van der Waals surface area contributed by atoms with Crippen LogP contribution in [0.4, 0.5) is 0 Å². The molecule has 0 amide bonds. The van der Waals surface area contributed by atoms with E-state index in [2.05, 4.69) is 57.2 Å². The molecular weight excluding hydrogens is 901 g/mol. The van der Waals surface area contributed by atoms with Gasteiger partial charge in [-0.15, -0.1) is 0 Å². The number of hydrogen-bond donors (Lipinski definition) is 0. The smallest absolute Gasteiger partial charge is 0.306 e. The van der Waals surface area contributed by atoms with Gasteiger partial charge in [0.05, 0.1) is 0 Å². The number of ether oxygens (including phenoxy) is 3. The van der Waals surface area contributed by atoms with Crippen molar-refractivity contribution >= 4 is 17.9 Å². The van der Waals surface area contributed by atoms with E-state index < -0.39 is 6.10 Å². The van der Waals surface area contributed by atoms with E-state index in [9.17, 15) is 14.4 Å². The zero-order valence-electron chi connectivity index (χ0n) is 49.2. The highest BCUT2D eigenvalue weighted by atomic mass is 16.6. The number of unbranched alkanes of at least 4 members (excludes halogenated alkanes) is 43. The van der Waals surface area contributed by atoms with Crippen LogP contribution in [0.25, 0.3) is 0 Å². The van der Waals surface area contributed by atoms with Crippen LogP contribution in [-0.4, -0.2) is 37.2 Å². The first-order chi connectivity index (χ1) is 36.0. The van der Waals surface area contributed by atoms with Gasteiger partial charge in [-0.2, -0.15) is 0 Å². The second kappa shape index (κ2) is 62.2. The van der Waals surface area contributed by atoms with Gasteiger partial charge in [-0.25, -0.2) is 0 Å². The minimum absolute atomic E-state index is 0.0768. The van der Waals surface area contributed by atoms with Crippen molar-refractivity contribution in [2.24, 2.45) is 0 Å². The van der Waals surface area contributed by atoms with E-state index >= 15 is 0 Å². The van der Waals surface area contributed by atoms with E-state index in [1.165, 1.54) is 225 Å². The molecule has 0 radical (unpaired) electrons. The molecule has 1 unspecified atom stereocenters. The number of hydrogen-bond acceptors (Lipinski definition) is 6. The molecule has 0 spiro atoms. The molecule has 0 aromatic rings. The van der Waals surface area contributed by atoms with Gasteiger partial charge in [-0.05, 0) is 77.0 Å². The van der Waals surface area contributed by atoms with E-state index in [1.54, 1.807) is 0 Å². The Kier molecular flexibility index (Phi) is 60.2. The number of esters is 3. The molecule has 428 valence electrons. The quantitative estimate of drug-likeness (QED) is 0.0261. The van der Waals surface area contributed by atoms with Gasteiger partial charge >= 0.3 is 17.9 Å². The Hall–Kier alpha value is -2.37. The van der Waals surface area contributed by atoms with E-state index in [0.717, 1.165) is 89.9 Å². The van der Waals surface area contributed by atoms with Crippen molar-refractivity contribution in [3.63, 3.8) is 0 Å². The fourth-order valence-corrected chi connectivity index (χ4v) is 9.71. The molecular formula is C67H124O6. The summed E-state index contributed by atoms with van der Waals surface area (Å²) in [5.41, 5.74) is 0. The molecule has 0 heterocycles. The summed E-state index contributed by atoms with van der Waals surface area (Å²) in [4.78, 5) is 38.2. The molecule has 6 nitrogen and oxygen atoms in total. The molecule has 0 bridgehead atoms. The number of carbonyl (C=O) groups is 3. The molecule has 0 fully saturated rings. The largest absolute Gasteiger partial charge is 0.462 e. The fourth-order valence-electron chi connectivity index (χ4n) is 9.71. The zero-order valence-corrected chi connectivity index (χ0v) is 49.2. The van der Waals surface area contributed by atoms with Gasteiger partial charge in [-0.3, -0.25) is 14.4 Å². The third-order valence-electron chi connectivity index (χ3n) is 14.6. The summed E-state index contributed by atoms with van der Waals surface area (Å²) in [6.07, 6.45) is 76.0. The van der Waals surface area contributed by atoms with Crippen molar-refractivity contribution in [2.45, 2.75) is 361 Å². The molecule has 6 heteroatoms. The Balaban J connectivity index is 4.15. The number of allylic oxidation sites excluding steroid dienone is 6. The zero-order chi connectivity index (χ0) is 52.9. The Bertz CT molecular complexity index is 1220. The lowest BCUT2D eigenvalue weighted by Crippen LogP contribution is -2.30. The Morgan fingerprint density at radius 1 is 0.274 bits per heavy atom. The molecule has 0 saturated heterocycles.